The van der Waals surface area contributed by atoms with Gasteiger partial charge < -0.3 is 9.80 Å². The summed E-state index contributed by atoms with van der Waals surface area (Å²) in [7, 11) is 1.92. The first-order valence-electron chi connectivity index (χ1n) is 9.01. The molecular formula is C19H20N8. The van der Waals surface area contributed by atoms with Crippen molar-refractivity contribution in [1.82, 2.24) is 29.4 Å². The average Bonchev–Trinajstić information content (AvgIpc) is 3.34. The van der Waals surface area contributed by atoms with Gasteiger partial charge in [-0.1, -0.05) is 6.07 Å². The van der Waals surface area contributed by atoms with Crippen LogP contribution in [0.4, 0.5) is 11.6 Å². The Hall–Kier alpha value is -3.42. The van der Waals surface area contributed by atoms with Gasteiger partial charge in [-0.05, 0) is 12.1 Å². The molecule has 0 amide bonds. The van der Waals surface area contributed by atoms with Crippen LogP contribution >= 0.6 is 0 Å². The number of nitrogens with zero attached hydrogens (tertiary/aromatic N) is 8. The summed E-state index contributed by atoms with van der Waals surface area (Å²) in [4.78, 5) is 13.3. The zero-order valence-electron chi connectivity index (χ0n) is 15.1. The van der Waals surface area contributed by atoms with E-state index in [1.807, 2.05) is 40.9 Å². The molecule has 5 heterocycles. The van der Waals surface area contributed by atoms with Gasteiger partial charge in [-0.25, -0.2) is 14.5 Å². The van der Waals surface area contributed by atoms with Crippen LogP contribution in [0, 0.1) is 0 Å². The lowest BCUT2D eigenvalue weighted by Gasteiger charge is -2.35. The number of piperazine rings is 1. The molecule has 4 aromatic rings. The standard InChI is InChI=1S/C19H20N8/c1-24-13-16(11-22-24)15-3-4-17-18(12-23-27(17)14-15)25-7-9-26(10-8-25)19-20-5-2-6-21-19/h2-6,11-14H,7-10H2,1H3. The minimum atomic E-state index is 0.804. The van der Waals surface area contributed by atoms with Crippen LogP contribution in [0.15, 0.2) is 55.4 Å². The molecule has 1 saturated heterocycles. The van der Waals surface area contributed by atoms with Crippen molar-refractivity contribution in [1.29, 1.82) is 0 Å². The number of pyridine rings is 1. The van der Waals surface area contributed by atoms with Crippen molar-refractivity contribution in [2.45, 2.75) is 0 Å². The molecule has 1 aliphatic heterocycles. The van der Waals surface area contributed by atoms with E-state index in [-0.39, 0.29) is 0 Å². The van der Waals surface area contributed by atoms with Gasteiger partial charge in [0.05, 0.1) is 23.6 Å². The van der Waals surface area contributed by atoms with E-state index in [1.54, 1.807) is 12.4 Å². The second-order valence-electron chi connectivity index (χ2n) is 6.70. The van der Waals surface area contributed by atoms with Crippen LogP contribution in [0.5, 0.6) is 0 Å². The Morgan fingerprint density at radius 1 is 0.815 bits per heavy atom. The third-order valence-corrected chi connectivity index (χ3v) is 4.99. The predicted octanol–water partition coefficient (Wildman–Crippen LogP) is 1.85. The molecule has 1 fully saturated rings. The summed E-state index contributed by atoms with van der Waals surface area (Å²) in [5.41, 5.74) is 4.48. The molecule has 136 valence electrons. The summed E-state index contributed by atoms with van der Waals surface area (Å²) in [5.74, 6) is 0.804. The van der Waals surface area contributed by atoms with Crippen LogP contribution in [-0.2, 0) is 7.05 Å². The first-order chi connectivity index (χ1) is 13.3. The lowest BCUT2D eigenvalue weighted by Crippen LogP contribution is -2.47. The number of rotatable bonds is 3. The van der Waals surface area contributed by atoms with Crippen LogP contribution in [0.3, 0.4) is 0 Å². The number of anilines is 2. The van der Waals surface area contributed by atoms with Gasteiger partial charge in [0.25, 0.3) is 0 Å². The number of aryl methyl sites for hydroxylation is 1. The van der Waals surface area contributed by atoms with Crippen LogP contribution in [0.25, 0.3) is 16.6 Å². The summed E-state index contributed by atoms with van der Waals surface area (Å²) in [6, 6.07) is 6.11. The monoisotopic (exact) mass is 360 g/mol. The van der Waals surface area contributed by atoms with Crippen molar-refractivity contribution in [3.8, 4) is 11.1 Å². The lowest BCUT2D eigenvalue weighted by atomic mass is 10.1. The van der Waals surface area contributed by atoms with Gasteiger partial charge in [-0.15, -0.1) is 0 Å². The fraction of sp³-hybridized carbons (Fsp3) is 0.263. The Morgan fingerprint density at radius 3 is 2.33 bits per heavy atom. The van der Waals surface area contributed by atoms with Gasteiger partial charge in [-0.3, -0.25) is 4.68 Å². The van der Waals surface area contributed by atoms with Gasteiger partial charge in [0.2, 0.25) is 5.95 Å². The largest absolute Gasteiger partial charge is 0.365 e. The molecule has 0 aromatic carbocycles. The Morgan fingerprint density at radius 2 is 1.59 bits per heavy atom. The number of hydrogen-bond donors (Lipinski definition) is 0. The normalized spacial score (nSPS) is 14.9. The number of hydrogen-bond acceptors (Lipinski definition) is 6. The zero-order chi connectivity index (χ0) is 18.2. The average molecular weight is 360 g/mol. The fourth-order valence-electron chi connectivity index (χ4n) is 3.56. The highest BCUT2D eigenvalue weighted by molar-refractivity contribution is 5.75. The van der Waals surface area contributed by atoms with Gasteiger partial charge in [0, 0.05) is 69.1 Å². The molecule has 0 saturated carbocycles. The second-order valence-corrected chi connectivity index (χ2v) is 6.70. The highest BCUT2D eigenvalue weighted by Crippen LogP contribution is 2.26. The number of fused-ring (bicyclic) bond motifs is 1. The molecule has 4 aromatic heterocycles. The van der Waals surface area contributed by atoms with E-state index in [4.69, 9.17) is 0 Å². The van der Waals surface area contributed by atoms with Crippen LogP contribution in [0.2, 0.25) is 0 Å². The molecular weight excluding hydrogens is 340 g/mol. The third-order valence-electron chi connectivity index (χ3n) is 4.99. The Bertz CT molecular complexity index is 1060. The first kappa shape index (κ1) is 15.8. The van der Waals surface area contributed by atoms with Crippen LogP contribution < -0.4 is 9.80 Å². The van der Waals surface area contributed by atoms with Crippen molar-refractivity contribution >= 4 is 17.2 Å². The summed E-state index contributed by atoms with van der Waals surface area (Å²) >= 11 is 0. The molecule has 0 radical (unpaired) electrons. The molecule has 0 aliphatic carbocycles. The van der Waals surface area contributed by atoms with E-state index in [0.29, 0.717) is 0 Å². The van der Waals surface area contributed by atoms with E-state index >= 15 is 0 Å². The van der Waals surface area contributed by atoms with Crippen molar-refractivity contribution in [3.05, 3.63) is 55.4 Å². The minimum absolute atomic E-state index is 0.804. The first-order valence-corrected chi connectivity index (χ1v) is 9.01. The summed E-state index contributed by atoms with van der Waals surface area (Å²) in [5, 5.41) is 8.82. The highest BCUT2D eigenvalue weighted by atomic mass is 15.3. The predicted molar refractivity (Wildman–Crippen MR) is 104 cm³/mol. The van der Waals surface area contributed by atoms with E-state index in [9.17, 15) is 0 Å². The Labute approximate surface area is 156 Å². The highest BCUT2D eigenvalue weighted by Gasteiger charge is 2.21. The maximum Gasteiger partial charge on any atom is 0.225 e. The van der Waals surface area contributed by atoms with Crippen molar-refractivity contribution in [3.63, 3.8) is 0 Å². The minimum Gasteiger partial charge on any atom is -0.365 e. The topological polar surface area (TPSA) is 67.4 Å². The zero-order valence-corrected chi connectivity index (χ0v) is 15.1. The third kappa shape index (κ3) is 2.88. The van der Waals surface area contributed by atoms with E-state index in [0.717, 1.165) is 48.8 Å². The Balaban J connectivity index is 1.37. The quantitative estimate of drug-likeness (QED) is 0.555. The lowest BCUT2D eigenvalue weighted by molar-refractivity contribution is 0.641. The molecule has 0 atom stereocenters. The summed E-state index contributed by atoms with van der Waals surface area (Å²) in [6.07, 6.45) is 11.5. The van der Waals surface area contributed by atoms with Gasteiger partial charge in [-0.2, -0.15) is 10.2 Å². The van der Waals surface area contributed by atoms with Crippen LogP contribution in [0.1, 0.15) is 0 Å². The van der Waals surface area contributed by atoms with Crippen LogP contribution in [-0.4, -0.2) is 55.5 Å². The van der Waals surface area contributed by atoms with Crippen molar-refractivity contribution in [2.24, 2.45) is 7.05 Å². The fourth-order valence-corrected chi connectivity index (χ4v) is 3.56. The molecule has 0 unspecified atom stereocenters. The van der Waals surface area contributed by atoms with Crippen molar-refractivity contribution < 1.29 is 0 Å². The maximum absolute atomic E-state index is 4.57. The van der Waals surface area contributed by atoms with Gasteiger partial charge in [0.15, 0.2) is 0 Å². The molecule has 8 nitrogen and oxygen atoms in total. The van der Waals surface area contributed by atoms with E-state index in [2.05, 4.69) is 48.3 Å². The van der Waals surface area contributed by atoms with Crippen molar-refractivity contribution in [2.75, 3.05) is 36.0 Å². The SMILES string of the molecule is Cn1cc(-c2ccc3c(N4CCN(c5ncccn5)CC4)cnn3c2)cn1. The van der Waals surface area contributed by atoms with E-state index < -0.39 is 0 Å². The molecule has 27 heavy (non-hydrogen) atoms. The summed E-state index contributed by atoms with van der Waals surface area (Å²) in [6.45, 7) is 3.64. The summed E-state index contributed by atoms with van der Waals surface area (Å²) < 4.78 is 3.76. The molecule has 0 bridgehead atoms. The molecule has 5 rings (SSSR count). The Kier molecular flexibility index (Phi) is 3.74. The van der Waals surface area contributed by atoms with Gasteiger partial charge >= 0.3 is 0 Å². The molecule has 1 aliphatic rings. The molecule has 0 N–H and O–H groups in total. The van der Waals surface area contributed by atoms with E-state index in [1.165, 1.54) is 5.69 Å². The molecule has 0 spiro atoms. The second kappa shape index (κ2) is 6.39. The molecule has 8 heteroatoms. The maximum atomic E-state index is 4.57. The smallest absolute Gasteiger partial charge is 0.225 e. The van der Waals surface area contributed by atoms with Gasteiger partial charge in [0.1, 0.15) is 0 Å². The number of aromatic nitrogens is 6.